The van der Waals surface area contributed by atoms with Crippen molar-refractivity contribution in [2.45, 2.75) is 6.42 Å². The summed E-state index contributed by atoms with van der Waals surface area (Å²) in [7, 11) is 10.4. The minimum absolute atomic E-state index is 0.0902. The van der Waals surface area contributed by atoms with Gasteiger partial charge in [0.2, 0.25) is 0 Å². The number of hydrogen-bond acceptors (Lipinski definition) is 4. The van der Waals surface area contributed by atoms with E-state index in [2.05, 4.69) is 45.7 Å². The van der Waals surface area contributed by atoms with E-state index in [0.29, 0.717) is 23.4 Å². The van der Waals surface area contributed by atoms with Crippen LogP contribution in [-0.4, -0.2) is 82.2 Å². The lowest BCUT2D eigenvalue weighted by molar-refractivity contribution is -0.870. The molecule has 2 aromatic carbocycles. The van der Waals surface area contributed by atoms with Crippen molar-refractivity contribution < 1.29 is 14.1 Å². The highest BCUT2D eigenvalue weighted by Crippen LogP contribution is 2.32. The predicted molar refractivity (Wildman–Crippen MR) is 121 cm³/mol. The maximum atomic E-state index is 12.9. The van der Waals surface area contributed by atoms with Gasteiger partial charge >= 0.3 is 0 Å². The number of quaternary nitrogens is 1. The lowest BCUT2D eigenvalue weighted by Gasteiger charge is -2.27. The van der Waals surface area contributed by atoms with Gasteiger partial charge in [-0.3, -0.25) is 9.59 Å². The molecule has 0 saturated heterocycles. The lowest BCUT2D eigenvalue weighted by atomic mass is 9.97. The molecular formula is C22H32N3O2S+. The van der Waals surface area contributed by atoms with Crippen molar-refractivity contribution in [3.05, 3.63) is 41.5 Å². The van der Waals surface area contributed by atoms with Crippen LogP contribution >= 0.6 is 12.6 Å². The largest absolute Gasteiger partial charge is 0.374 e. The zero-order valence-corrected chi connectivity index (χ0v) is 18.5. The van der Waals surface area contributed by atoms with E-state index in [1.165, 1.54) is 0 Å². The quantitative estimate of drug-likeness (QED) is 0.398. The van der Waals surface area contributed by atoms with Crippen molar-refractivity contribution in [1.29, 1.82) is 0 Å². The fourth-order valence-corrected chi connectivity index (χ4v) is 3.69. The molecule has 0 radical (unpaired) electrons. The van der Waals surface area contributed by atoms with Crippen molar-refractivity contribution in [1.82, 2.24) is 4.90 Å². The standard InChI is InChI=1S/C22H31N3O2S/c1-23(12-7-14-25(3,4)5)20-11-10-19(22(27)24(2)13-15-28)21-17(16-26)8-6-9-18(20)21/h6,8-11,16H,7,12-15H2,1-5H3/p+1. The Hall–Kier alpha value is -2.05. The average molecular weight is 403 g/mol. The number of carbonyl (C=O) groups is 2. The van der Waals surface area contributed by atoms with Crippen LogP contribution in [0.2, 0.25) is 0 Å². The monoisotopic (exact) mass is 402 g/mol. The van der Waals surface area contributed by atoms with Crippen LogP contribution in [0.3, 0.4) is 0 Å². The van der Waals surface area contributed by atoms with E-state index in [0.717, 1.165) is 46.7 Å². The summed E-state index contributed by atoms with van der Waals surface area (Å²) in [5.41, 5.74) is 2.14. The molecule has 5 nitrogen and oxygen atoms in total. The van der Waals surface area contributed by atoms with Gasteiger partial charge in [0, 0.05) is 66.9 Å². The molecule has 2 aromatic rings. The lowest BCUT2D eigenvalue weighted by Crippen LogP contribution is -2.37. The summed E-state index contributed by atoms with van der Waals surface area (Å²) in [6.45, 7) is 2.54. The Morgan fingerprint density at radius 2 is 1.82 bits per heavy atom. The van der Waals surface area contributed by atoms with Gasteiger partial charge in [-0.2, -0.15) is 12.6 Å². The van der Waals surface area contributed by atoms with Gasteiger partial charge in [-0.1, -0.05) is 18.2 Å². The molecule has 0 atom stereocenters. The molecule has 0 bridgehead atoms. The summed E-state index contributed by atoms with van der Waals surface area (Å²) >= 11 is 4.22. The molecule has 0 N–H and O–H groups in total. The normalized spacial score (nSPS) is 11.5. The van der Waals surface area contributed by atoms with Crippen LogP contribution in [0.1, 0.15) is 27.1 Å². The number of fused-ring (bicyclic) bond motifs is 1. The van der Waals surface area contributed by atoms with E-state index in [1.807, 2.05) is 24.3 Å². The summed E-state index contributed by atoms with van der Waals surface area (Å²) in [5, 5.41) is 1.66. The van der Waals surface area contributed by atoms with Gasteiger partial charge < -0.3 is 14.3 Å². The summed E-state index contributed by atoms with van der Waals surface area (Å²) in [4.78, 5) is 28.5. The Labute approximate surface area is 173 Å². The molecule has 152 valence electrons. The smallest absolute Gasteiger partial charge is 0.254 e. The van der Waals surface area contributed by atoms with E-state index >= 15 is 0 Å². The number of nitrogens with zero attached hydrogens (tertiary/aromatic N) is 3. The number of benzene rings is 2. The van der Waals surface area contributed by atoms with Crippen LogP contribution < -0.4 is 4.90 Å². The van der Waals surface area contributed by atoms with Crippen LogP contribution in [0, 0.1) is 0 Å². The van der Waals surface area contributed by atoms with Crippen molar-refractivity contribution in [3.8, 4) is 0 Å². The molecular weight excluding hydrogens is 370 g/mol. The molecule has 0 heterocycles. The zero-order valence-electron chi connectivity index (χ0n) is 17.6. The number of rotatable bonds is 9. The fraction of sp³-hybridized carbons (Fsp3) is 0.455. The van der Waals surface area contributed by atoms with Crippen LogP contribution in [0.25, 0.3) is 10.8 Å². The van der Waals surface area contributed by atoms with Gasteiger partial charge in [0.05, 0.1) is 27.7 Å². The van der Waals surface area contributed by atoms with Crippen LogP contribution in [0.5, 0.6) is 0 Å². The molecule has 0 aliphatic rings. The second-order valence-electron chi connectivity index (χ2n) is 8.26. The average Bonchev–Trinajstić information content (AvgIpc) is 2.65. The van der Waals surface area contributed by atoms with Gasteiger partial charge in [-0.25, -0.2) is 0 Å². The number of thiol groups is 1. The number of aldehydes is 1. The van der Waals surface area contributed by atoms with Crippen LogP contribution in [-0.2, 0) is 0 Å². The molecule has 0 aromatic heterocycles. The van der Waals surface area contributed by atoms with Crippen molar-refractivity contribution >= 4 is 41.3 Å². The maximum absolute atomic E-state index is 12.9. The van der Waals surface area contributed by atoms with Gasteiger partial charge in [0.25, 0.3) is 5.91 Å². The number of carbonyl (C=O) groups excluding carboxylic acids is 2. The topological polar surface area (TPSA) is 40.6 Å². The summed E-state index contributed by atoms with van der Waals surface area (Å²) in [6, 6.07) is 9.47. The third-order valence-corrected chi connectivity index (χ3v) is 5.12. The summed E-state index contributed by atoms with van der Waals surface area (Å²) in [5.74, 6) is 0.501. The second-order valence-corrected chi connectivity index (χ2v) is 8.71. The third-order valence-electron chi connectivity index (χ3n) is 4.92. The third kappa shape index (κ3) is 5.26. The minimum atomic E-state index is -0.0902. The molecule has 1 amide bonds. The zero-order chi connectivity index (χ0) is 20.9. The molecule has 28 heavy (non-hydrogen) atoms. The predicted octanol–water partition coefficient (Wildman–Crippen LogP) is 3.19. The highest BCUT2D eigenvalue weighted by molar-refractivity contribution is 7.80. The van der Waals surface area contributed by atoms with Gasteiger partial charge in [-0.15, -0.1) is 0 Å². The van der Waals surface area contributed by atoms with Crippen molar-refractivity contribution in [2.75, 3.05) is 65.5 Å². The molecule has 6 heteroatoms. The first-order valence-corrected chi connectivity index (χ1v) is 10.2. The van der Waals surface area contributed by atoms with E-state index in [-0.39, 0.29) is 5.91 Å². The first-order valence-electron chi connectivity index (χ1n) is 9.58. The Morgan fingerprint density at radius 1 is 1.11 bits per heavy atom. The molecule has 0 aliphatic heterocycles. The molecule has 0 aliphatic carbocycles. The first-order chi connectivity index (χ1) is 13.2. The molecule has 2 rings (SSSR count). The number of hydrogen-bond donors (Lipinski definition) is 1. The van der Waals surface area contributed by atoms with Gasteiger partial charge in [-0.05, 0) is 12.1 Å². The molecule has 0 spiro atoms. The van der Waals surface area contributed by atoms with E-state index in [1.54, 1.807) is 18.0 Å². The number of anilines is 1. The summed E-state index contributed by atoms with van der Waals surface area (Å²) < 4.78 is 0.925. The van der Waals surface area contributed by atoms with E-state index in [4.69, 9.17) is 0 Å². The second kappa shape index (κ2) is 9.43. The fourth-order valence-electron chi connectivity index (χ4n) is 3.39. The molecule has 0 unspecified atom stereocenters. The number of amides is 1. The maximum Gasteiger partial charge on any atom is 0.254 e. The Kier molecular flexibility index (Phi) is 7.49. The van der Waals surface area contributed by atoms with E-state index < -0.39 is 0 Å². The van der Waals surface area contributed by atoms with Gasteiger partial charge in [0.15, 0.2) is 6.29 Å². The van der Waals surface area contributed by atoms with Crippen LogP contribution in [0.4, 0.5) is 5.69 Å². The highest BCUT2D eigenvalue weighted by atomic mass is 32.1. The van der Waals surface area contributed by atoms with E-state index in [9.17, 15) is 9.59 Å². The Bertz CT molecular complexity index is 846. The SMILES string of the molecule is CN(CCS)C(=O)c1ccc(N(C)CCC[N+](C)(C)C)c2cccc(C=O)c12. The summed E-state index contributed by atoms with van der Waals surface area (Å²) in [6.07, 6.45) is 1.89. The van der Waals surface area contributed by atoms with Crippen LogP contribution in [0.15, 0.2) is 30.3 Å². The molecule has 0 saturated carbocycles. The Balaban J connectivity index is 2.46. The van der Waals surface area contributed by atoms with Gasteiger partial charge in [0.1, 0.15) is 0 Å². The highest BCUT2D eigenvalue weighted by Gasteiger charge is 2.19. The van der Waals surface area contributed by atoms with Crippen molar-refractivity contribution in [2.24, 2.45) is 0 Å². The Morgan fingerprint density at radius 3 is 2.43 bits per heavy atom. The van der Waals surface area contributed by atoms with Crippen molar-refractivity contribution in [3.63, 3.8) is 0 Å². The first kappa shape index (κ1) is 22.2. The molecule has 0 fully saturated rings. The minimum Gasteiger partial charge on any atom is -0.374 e.